The van der Waals surface area contributed by atoms with E-state index in [1.807, 2.05) is 0 Å². The molecular weight excluding hydrogens is 87.0 g/mol. The zero-order valence-corrected chi connectivity index (χ0v) is 3.31. The van der Waals surface area contributed by atoms with Gasteiger partial charge in [0, 0.05) is 0 Å². The minimum atomic E-state index is -1.73. The van der Waals surface area contributed by atoms with E-state index in [1.165, 1.54) is 0 Å². The van der Waals surface area contributed by atoms with Gasteiger partial charge in [0.2, 0.25) is 0 Å². The molecule has 0 saturated carbocycles. The second-order valence-corrected chi connectivity index (χ2v) is 0.954. The summed E-state index contributed by atoms with van der Waals surface area (Å²) in [7, 11) is 0. The Morgan fingerprint density at radius 2 is 2.17 bits per heavy atom. The maximum atomic E-state index is 11.2. The molecule has 0 spiro atoms. The van der Waals surface area contributed by atoms with E-state index < -0.39 is 12.1 Å². The first-order valence-corrected chi connectivity index (χ1v) is 1.51. The molecule has 0 aliphatic rings. The van der Waals surface area contributed by atoms with Crippen molar-refractivity contribution >= 4 is 5.97 Å². The van der Waals surface area contributed by atoms with Gasteiger partial charge < -0.3 is 5.11 Å². The third-order valence-corrected chi connectivity index (χ3v) is 0.340. The molecule has 0 amide bonds. The van der Waals surface area contributed by atoms with Crippen molar-refractivity contribution in [1.29, 1.82) is 0 Å². The molecule has 0 aromatic heterocycles. The first kappa shape index (κ1) is 5.40. The van der Waals surface area contributed by atoms with Crippen molar-refractivity contribution in [2.24, 2.45) is 0 Å². The highest BCUT2D eigenvalue weighted by molar-refractivity contribution is 5.71. The van der Waals surface area contributed by atoms with Crippen LogP contribution in [0.3, 0.4) is 0 Å². The Labute approximate surface area is 34.6 Å². The van der Waals surface area contributed by atoms with Gasteiger partial charge in [0.15, 0.2) is 6.17 Å². The SMILES string of the molecule is CC(F)C(=O)O. The number of hydrogen-bond donors (Lipinski definition) is 1. The molecule has 0 aliphatic heterocycles. The third-order valence-electron chi connectivity index (χ3n) is 0.340. The molecule has 3 heteroatoms. The standard InChI is InChI=1S/C3H5FO2/c1-2(4)3(5)6/h2H,1H3,(H,5,6). The Morgan fingerprint density at radius 3 is 2.17 bits per heavy atom. The summed E-state index contributed by atoms with van der Waals surface area (Å²) in [6, 6.07) is 0. The summed E-state index contributed by atoms with van der Waals surface area (Å²) in [4.78, 5) is 9.32. The van der Waals surface area contributed by atoms with Crippen LogP contribution in [0, 0.1) is 0 Å². The lowest BCUT2D eigenvalue weighted by molar-refractivity contribution is -0.142. The Balaban J connectivity index is 3.26. The van der Waals surface area contributed by atoms with Crippen LogP contribution in [0.15, 0.2) is 0 Å². The lowest BCUT2D eigenvalue weighted by atomic mass is 10.5. The number of aliphatic carboxylic acids is 1. The molecule has 6 heavy (non-hydrogen) atoms. The molecular formula is C3H5FO2. The Bertz CT molecular complexity index is 59.8. The van der Waals surface area contributed by atoms with Gasteiger partial charge in [0.25, 0.3) is 0 Å². The fourth-order valence-corrected chi connectivity index (χ4v) is 0. The second-order valence-electron chi connectivity index (χ2n) is 0.954. The average molecular weight is 92.1 g/mol. The summed E-state index contributed by atoms with van der Waals surface area (Å²) in [6.07, 6.45) is -1.73. The molecule has 0 aromatic rings. The lowest BCUT2D eigenvalue weighted by Crippen LogP contribution is -2.08. The highest BCUT2D eigenvalue weighted by atomic mass is 19.1. The van der Waals surface area contributed by atoms with Crippen molar-refractivity contribution in [2.45, 2.75) is 13.1 Å². The highest BCUT2D eigenvalue weighted by Gasteiger charge is 2.04. The zero-order chi connectivity index (χ0) is 5.15. The number of rotatable bonds is 1. The van der Waals surface area contributed by atoms with E-state index in [0.717, 1.165) is 6.92 Å². The van der Waals surface area contributed by atoms with Gasteiger partial charge in [-0.15, -0.1) is 0 Å². The van der Waals surface area contributed by atoms with Crippen LogP contribution in [0.4, 0.5) is 4.39 Å². The number of carbonyl (C=O) groups is 1. The molecule has 0 bridgehead atoms. The van der Waals surface area contributed by atoms with Gasteiger partial charge >= 0.3 is 5.97 Å². The maximum Gasteiger partial charge on any atom is 0.337 e. The van der Waals surface area contributed by atoms with Crippen LogP contribution < -0.4 is 0 Å². The monoisotopic (exact) mass is 92.0 g/mol. The smallest absolute Gasteiger partial charge is 0.337 e. The third kappa shape index (κ3) is 1.69. The first-order valence-electron chi connectivity index (χ1n) is 1.51. The molecule has 0 aliphatic carbocycles. The van der Waals surface area contributed by atoms with Crippen molar-refractivity contribution < 1.29 is 14.3 Å². The predicted molar refractivity (Wildman–Crippen MR) is 18.2 cm³/mol. The van der Waals surface area contributed by atoms with Crippen molar-refractivity contribution in [1.82, 2.24) is 0 Å². The van der Waals surface area contributed by atoms with Crippen molar-refractivity contribution in [3.8, 4) is 0 Å². The quantitative estimate of drug-likeness (QED) is 0.509. The fraction of sp³-hybridized carbons (Fsp3) is 0.667. The molecule has 2 nitrogen and oxygen atoms in total. The van der Waals surface area contributed by atoms with Gasteiger partial charge in [-0.2, -0.15) is 0 Å². The van der Waals surface area contributed by atoms with Crippen molar-refractivity contribution in [2.75, 3.05) is 0 Å². The number of halogens is 1. The molecule has 1 atom stereocenters. The summed E-state index contributed by atoms with van der Waals surface area (Å²) < 4.78 is 11.2. The van der Waals surface area contributed by atoms with E-state index in [1.54, 1.807) is 0 Å². The number of carboxylic acids is 1. The predicted octanol–water partition coefficient (Wildman–Crippen LogP) is 0.429. The zero-order valence-electron chi connectivity index (χ0n) is 3.31. The Morgan fingerprint density at radius 1 is 2.00 bits per heavy atom. The van der Waals surface area contributed by atoms with E-state index in [9.17, 15) is 9.18 Å². The minimum Gasteiger partial charge on any atom is -0.479 e. The van der Waals surface area contributed by atoms with E-state index in [2.05, 4.69) is 0 Å². The first-order chi connectivity index (χ1) is 2.64. The summed E-state index contributed by atoms with van der Waals surface area (Å²) in [5.41, 5.74) is 0. The van der Waals surface area contributed by atoms with Gasteiger partial charge in [-0.05, 0) is 6.92 Å². The van der Waals surface area contributed by atoms with Crippen LogP contribution in [0.5, 0.6) is 0 Å². The van der Waals surface area contributed by atoms with Gasteiger partial charge in [-0.1, -0.05) is 0 Å². The fourth-order valence-electron chi connectivity index (χ4n) is 0. The largest absolute Gasteiger partial charge is 0.479 e. The molecule has 1 unspecified atom stereocenters. The van der Waals surface area contributed by atoms with Crippen LogP contribution in [-0.2, 0) is 4.79 Å². The van der Waals surface area contributed by atoms with Crippen molar-refractivity contribution in [3.63, 3.8) is 0 Å². The van der Waals surface area contributed by atoms with E-state index >= 15 is 0 Å². The van der Waals surface area contributed by atoms with Crippen LogP contribution >= 0.6 is 0 Å². The van der Waals surface area contributed by atoms with Gasteiger partial charge in [-0.3, -0.25) is 0 Å². The number of carboxylic acid groups (broad SMARTS) is 1. The molecule has 0 fully saturated rings. The second kappa shape index (κ2) is 1.74. The highest BCUT2D eigenvalue weighted by Crippen LogP contribution is 1.83. The van der Waals surface area contributed by atoms with Gasteiger partial charge in [-0.25, -0.2) is 9.18 Å². The van der Waals surface area contributed by atoms with E-state index in [0.29, 0.717) is 0 Å². The molecule has 0 saturated heterocycles. The van der Waals surface area contributed by atoms with Crippen LogP contribution in [0.1, 0.15) is 6.92 Å². The molecule has 36 valence electrons. The summed E-state index contributed by atoms with van der Waals surface area (Å²) in [5, 5.41) is 7.62. The normalized spacial score (nSPS) is 13.7. The molecule has 0 aromatic carbocycles. The molecule has 1 N–H and O–H groups in total. The van der Waals surface area contributed by atoms with Crippen molar-refractivity contribution in [3.05, 3.63) is 0 Å². The Kier molecular flexibility index (Phi) is 1.57. The molecule has 0 heterocycles. The number of hydrogen-bond acceptors (Lipinski definition) is 1. The Hall–Kier alpha value is -0.600. The minimum absolute atomic E-state index is 0.975. The lowest BCUT2D eigenvalue weighted by Gasteiger charge is -1.85. The summed E-state index contributed by atoms with van der Waals surface area (Å²) in [5.74, 6) is -1.41. The van der Waals surface area contributed by atoms with Gasteiger partial charge in [0.1, 0.15) is 0 Å². The maximum absolute atomic E-state index is 11.2. The van der Waals surface area contributed by atoms with E-state index in [-0.39, 0.29) is 0 Å². The molecule has 0 rings (SSSR count). The number of alkyl halides is 1. The van der Waals surface area contributed by atoms with Crippen LogP contribution in [0.2, 0.25) is 0 Å². The van der Waals surface area contributed by atoms with Crippen LogP contribution in [0.25, 0.3) is 0 Å². The molecule has 0 radical (unpaired) electrons. The van der Waals surface area contributed by atoms with Crippen LogP contribution in [-0.4, -0.2) is 17.2 Å². The topological polar surface area (TPSA) is 37.3 Å². The summed E-state index contributed by atoms with van der Waals surface area (Å²) >= 11 is 0. The summed E-state index contributed by atoms with van der Waals surface area (Å²) in [6.45, 7) is 0.975. The van der Waals surface area contributed by atoms with Gasteiger partial charge in [0.05, 0.1) is 0 Å². The van der Waals surface area contributed by atoms with E-state index in [4.69, 9.17) is 5.11 Å². The average Bonchev–Trinajstić information content (AvgIpc) is 1.36.